The second kappa shape index (κ2) is 7.55. The molecule has 30 heavy (non-hydrogen) atoms. The summed E-state index contributed by atoms with van der Waals surface area (Å²) in [6, 6.07) is 7.12. The fourth-order valence-corrected chi connectivity index (χ4v) is 4.04. The third kappa shape index (κ3) is 2.88. The molecule has 2 aliphatic heterocycles. The Balaban J connectivity index is 0.00000106. The summed E-state index contributed by atoms with van der Waals surface area (Å²) in [7, 11) is 1.61. The van der Waals surface area contributed by atoms with Crippen LogP contribution >= 0.6 is 0 Å². The molecule has 4 heterocycles. The molecule has 2 aliphatic rings. The zero-order valence-electron chi connectivity index (χ0n) is 17.1. The lowest BCUT2D eigenvalue weighted by Crippen LogP contribution is -2.32. The van der Waals surface area contributed by atoms with Crippen LogP contribution in [0.25, 0.3) is 22.3 Å². The van der Waals surface area contributed by atoms with Crippen LogP contribution in [0.3, 0.4) is 0 Å². The van der Waals surface area contributed by atoms with Crippen molar-refractivity contribution in [3.05, 3.63) is 56.9 Å². The number of esters is 1. The smallest absolute Gasteiger partial charge is 0.340 e. The number of cyclic esters (lactones) is 1. The molecule has 8 heteroatoms. The van der Waals surface area contributed by atoms with E-state index in [-0.39, 0.29) is 17.7 Å². The lowest BCUT2D eigenvalue weighted by atomic mass is 9.98. The number of fused-ring (bicyclic) bond motifs is 5. The predicted octanol–water partition coefficient (Wildman–Crippen LogP) is 2.27. The molecule has 3 aromatic rings. The van der Waals surface area contributed by atoms with Gasteiger partial charge in [0.05, 0.1) is 35.6 Å². The van der Waals surface area contributed by atoms with Crippen molar-refractivity contribution in [1.29, 1.82) is 0 Å². The van der Waals surface area contributed by atoms with E-state index in [4.69, 9.17) is 20.2 Å². The molecular formula is C22H23N3O5. The molecule has 0 fully saturated rings. The number of nitrogens with two attached hydrogens (primary N) is 1. The minimum absolute atomic E-state index is 0.141. The third-order valence-electron chi connectivity index (χ3n) is 5.39. The van der Waals surface area contributed by atoms with Crippen molar-refractivity contribution in [2.75, 3.05) is 12.8 Å². The maximum absolute atomic E-state index is 13.0. The predicted molar refractivity (Wildman–Crippen MR) is 112 cm³/mol. The highest BCUT2D eigenvalue weighted by Crippen LogP contribution is 2.38. The largest absolute Gasteiger partial charge is 0.458 e. The fraction of sp³-hybridized carbons (Fsp3) is 0.318. The molecule has 0 bridgehead atoms. The first-order valence-electron chi connectivity index (χ1n) is 9.81. The average Bonchev–Trinajstić information content (AvgIpc) is 3.12. The molecule has 1 unspecified atom stereocenters. The first-order chi connectivity index (χ1) is 14.5. The Bertz CT molecular complexity index is 1230. The molecule has 0 spiro atoms. The zero-order chi connectivity index (χ0) is 21.6. The molecule has 156 valence electrons. The van der Waals surface area contributed by atoms with E-state index in [0.29, 0.717) is 35.8 Å². The van der Waals surface area contributed by atoms with Crippen LogP contribution in [0.1, 0.15) is 42.2 Å². The highest BCUT2D eigenvalue weighted by atomic mass is 16.5. The fourth-order valence-electron chi connectivity index (χ4n) is 4.04. The van der Waals surface area contributed by atoms with E-state index in [1.54, 1.807) is 23.8 Å². The highest BCUT2D eigenvalue weighted by molar-refractivity contribution is 5.90. The van der Waals surface area contributed by atoms with Gasteiger partial charge in [-0.15, -0.1) is 0 Å². The van der Waals surface area contributed by atoms with Gasteiger partial charge in [0.2, 0.25) is 0 Å². The van der Waals surface area contributed by atoms with Crippen LogP contribution in [0.15, 0.2) is 29.1 Å². The van der Waals surface area contributed by atoms with Crippen LogP contribution < -0.4 is 11.3 Å². The number of ether oxygens (including phenoxy) is 2. The van der Waals surface area contributed by atoms with Gasteiger partial charge in [-0.05, 0) is 29.8 Å². The Morgan fingerprint density at radius 2 is 2.03 bits per heavy atom. The number of hydrogen-bond donors (Lipinski definition) is 2. The topological polar surface area (TPSA) is 117 Å². The summed E-state index contributed by atoms with van der Waals surface area (Å²) in [6.45, 7) is 4.53. The zero-order valence-corrected chi connectivity index (χ0v) is 17.1. The van der Waals surface area contributed by atoms with Gasteiger partial charge in [-0.25, -0.2) is 9.78 Å². The molecule has 2 aromatic heterocycles. The van der Waals surface area contributed by atoms with Gasteiger partial charge in [-0.2, -0.15) is 0 Å². The molecule has 5 rings (SSSR count). The summed E-state index contributed by atoms with van der Waals surface area (Å²) >= 11 is 0. The van der Waals surface area contributed by atoms with E-state index in [1.165, 1.54) is 0 Å². The lowest BCUT2D eigenvalue weighted by Gasteiger charge is -2.21. The van der Waals surface area contributed by atoms with E-state index in [2.05, 4.69) is 0 Å². The van der Waals surface area contributed by atoms with Crippen LogP contribution in [0, 0.1) is 0 Å². The van der Waals surface area contributed by atoms with Crippen LogP contribution in [-0.4, -0.2) is 27.7 Å². The number of hydrogen-bond acceptors (Lipinski definition) is 7. The van der Waals surface area contributed by atoms with E-state index < -0.39 is 12.1 Å². The maximum atomic E-state index is 13.0. The summed E-state index contributed by atoms with van der Waals surface area (Å²) in [4.78, 5) is 29.5. The first kappa shape index (κ1) is 20.1. The second-order valence-electron chi connectivity index (χ2n) is 6.99. The molecule has 0 aliphatic carbocycles. The van der Waals surface area contributed by atoms with Crippen molar-refractivity contribution in [1.82, 2.24) is 9.55 Å². The van der Waals surface area contributed by atoms with Gasteiger partial charge in [0.25, 0.3) is 5.56 Å². The lowest BCUT2D eigenvalue weighted by molar-refractivity contribution is -0.157. The van der Waals surface area contributed by atoms with Gasteiger partial charge < -0.3 is 24.9 Å². The van der Waals surface area contributed by atoms with Crippen molar-refractivity contribution in [3.8, 4) is 11.4 Å². The van der Waals surface area contributed by atoms with Crippen LogP contribution in [-0.2, 0) is 34.0 Å². The minimum atomic E-state index is -1.47. The minimum Gasteiger partial charge on any atom is -0.458 e. The van der Waals surface area contributed by atoms with Gasteiger partial charge in [-0.1, -0.05) is 13.8 Å². The van der Waals surface area contributed by atoms with Crippen molar-refractivity contribution in [3.63, 3.8) is 0 Å². The van der Waals surface area contributed by atoms with Crippen molar-refractivity contribution >= 4 is 22.6 Å². The number of rotatable bonds is 2. The van der Waals surface area contributed by atoms with Gasteiger partial charge in [0.1, 0.15) is 6.61 Å². The molecule has 3 N–H and O–H groups in total. The first-order valence-corrected chi connectivity index (χ1v) is 9.81. The number of anilines is 1. The summed E-state index contributed by atoms with van der Waals surface area (Å²) < 4.78 is 11.9. The summed E-state index contributed by atoms with van der Waals surface area (Å²) in [5.41, 5.74) is 10.6. The Kier molecular flexibility index (Phi) is 5.05. The number of pyridine rings is 2. The molecule has 0 saturated heterocycles. The van der Waals surface area contributed by atoms with Crippen molar-refractivity contribution < 1.29 is 19.4 Å². The van der Waals surface area contributed by atoms with Crippen LogP contribution in [0.2, 0.25) is 0 Å². The average molecular weight is 409 g/mol. The summed E-state index contributed by atoms with van der Waals surface area (Å²) in [5.74, 6) is -0.753. The standard InChI is InChI=1S/C20H17N3O5.C2H6/c1-27-7-13-10-4-9(21)2-3-15(10)22-17-12(13)6-23-16(17)5-11-14(19(23)25)8-28-20(26)18(11)24;1-2/h2-5,18,24H,6-8,21H2,1H3;1-2H3. The SMILES string of the molecule is CC.COCc1c2c(nc3ccc(N)cc13)-c1cc3c(c(=O)n1C2)COC(=O)C3O. The van der Waals surface area contributed by atoms with Gasteiger partial charge in [0, 0.05) is 29.3 Å². The molecule has 0 amide bonds. The number of aliphatic hydroxyl groups excluding tert-OH is 1. The third-order valence-corrected chi connectivity index (χ3v) is 5.39. The van der Waals surface area contributed by atoms with Gasteiger partial charge >= 0.3 is 5.97 Å². The highest BCUT2D eigenvalue weighted by Gasteiger charge is 2.34. The van der Waals surface area contributed by atoms with E-state index in [9.17, 15) is 14.7 Å². The van der Waals surface area contributed by atoms with E-state index in [1.807, 2.05) is 26.0 Å². The Hall–Kier alpha value is -3.23. The summed E-state index contributed by atoms with van der Waals surface area (Å²) in [6.07, 6.45) is -1.47. The van der Waals surface area contributed by atoms with E-state index in [0.717, 1.165) is 22.0 Å². The number of nitrogen functional groups attached to an aromatic ring is 1. The quantitative estimate of drug-likeness (QED) is 0.385. The number of carbonyl (C=O) groups excluding carboxylic acids is 1. The Labute approximate surface area is 172 Å². The number of benzene rings is 1. The number of aromatic nitrogens is 2. The van der Waals surface area contributed by atoms with Gasteiger partial charge in [-0.3, -0.25) is 4.79 Å². The second-order valence-corrected chi connectivity index (χ2v) is 6.99. The number of methoxy groups -OCH3 is 1. The molecule has 0 saturated carbocycles. The van der Waals surface area contributed by atoms with Gasteiger partial charge in [0.15, 0.2) is 6.10 Å². The Morgan fingerprint density at radius 3 is 2.77 bits per heavy atom. The normalized spacial score (nSPS) is 16.3. The van der Waals surface area contributed by atoms with Crippen LogP contribution in [0.4, 0.5) is 5.69 Å². The molecule has 0 radical (unpaired) electrons. The molecule has 1 atom stereocenters. The molecule has 1 aromatic carbocycles. The number of nitrogens with zero attached hydrogens (tertiary/aromatic N) is 2. The van der Waals surface area contributed by atoms with Crippen LogP contribution in [0.5, 0.6) is 0 Å². The Morgan fingerprint density at radius 1 is 1.27 bits per heavy atom. The van der Waals surface area contributed by atoms with Crippen molar-refractivity contribution in [2.45, 2.75) is 39.7 Å². The molecular weight excluding hydrogens is 386 g/mol. The van der Waals surface area contributed by atoms with E-state index >= 15 is 0 Å². The van der Waals surface area contributed by atoms with Crippen molar-refractivity contribution in [2.24, 2.45) is 0 Å². The summed E-state index contributed by atoms with van der Waals surface area (Å²) in [5, 5.41) is 11.1. The maximum Gasteiger partial charge on any atom is 0.340 e. The number of aliphatic hydroxyl groups is 1. The number of carbonyl (C=O) groups is 1. The monoisotopic (exact) mass is 409 g/mol. The molecule has 8 nitrogen and oxygen atoms in total.